The summed E-state index contributed by atoms with van der Waals surface area (Å²) in [4.78, 5) is 4.78. The second-order valence-electron chi connectivity index (χ2n) is 5.11. The topological polar surface area (TPSA) is 45.7 Å². The summed E-state index contributed by atoms with van der Waals surface area (Å²) in [6, 6.07) is 0.655. The van der Waals surface area contributed by atoms with Crippen LogP contribution in [0.2, 0.25) is 0 Å². The van der Waals surface area contributed by atoms with E-state index in [9.17, 15) is 0 Å². The van der Waals surface area contributed by atoms with E-state index in [1.165, 1.54) is 12.8 Å². The Morgan fingerprint density at radius 3 is 2.58 bits per heavy atom. The van der Waals surface area contributed by atoms with E-state index in [1.54, 1.807) is 0 Å². The first-order valence-corrected chi connectivity index (χ1v) is 8.18. The molecular formula is C13H26IN3OS. The van der Waals surface area contributed by atoms with Crippen LogP contribution in [0.1, 0.15) is 32.6 Å². The fourth-order valence-electron chi connectivity index (χ4n) is 2.13. The molecule has 0 aromatic rings. The first kappa shape index (κ1) is 17.4. The van der Waals surface area contributed by atoms with E-state index in [2.05, 4.69) is 23.8 Å². The van der Waals surface area contributed by atoms with Gasteiger partial charge in [-0.1, -0.05) is 0 Å². The lowest BCUT2D eigenvalue weighted by Gasteiger charge is -2.34. The fraction of sp³-hybridized carbons (Fsp3) is 0.923. The molecule has 0 spiro atoms. The van der Waals surface area contributed by atoms with Gasteiger partial charge in [-0.2, -0.15) is 11.8 Å². The lowest BCUT2D eigenvalue weighted by atomic mass is 9.99. The summed E-state index contributed by atoms with van der Waals surface area (Å²) in [7, 11) is 0. The first-order chi connectivity index (χ1) is 8.78. The molecule has 2 aliphatic rings. The SMILES string of the molecule is CCNC(=NCC1(SC)CCOCC1)NC1CC1.I. The van der Waals surface area contributed by atoms with Gasteiger partial charge >= 0.3 is 0 Å². The fourth-order valence-corrected chi connectivity index (χ4v) is 2.90. The van der Waals surface area contributed by atoms with Crippen LogP contribution in [0.5, 0.6) is 0 Å². The number of thioether (sulfide) groups is 1. The maximum absolute atomic E-state index is 5.46. The minimum atomic E-state index is 0. The Labute approximate surface area is 137 Å². The van der Waals surface area contributed by atoms with Crippen LogP contribution in [0.25, 0.3) is 0 Å². The zero-order valence-corrected chi connectivity index (χ0v) is 15.1. The van der Waals surface area contributed by atoms with Gasteiger partial charge < -0.3 is 15.4 Å². The largest absolute Gasteiger partial charge is 0.381 e. The minimum absolute atomic E-state index is 0. The van der Waals surface area contributed by atoms with Crippen molar-refractivity contribution in [3.63, 3.8) is 0 Å². The number of hydrogen-bond donors (Lipinski definition) is 2. The Kier molecular flexibility index (Phi) is 7.83. The Morgan fingerprint density at radius 1 is 1.37 bits per heavy atom. The molecule has 112 valence electrons. The van der Waals surface area contributed by atoms with Gasteiger partial charge in [0, 0.05) is 30.5 Å². The Morgan fingerprint density at radius 2 is 2.05 bits per heavy atom. The van der Waals surface area contributed by atoms with Crippen LogP contribution in [0.3, 0.4) is 0 Å². The molecule has 1 saturated carbocycles. The molecular weight excluding hydrogens is 373 g/mol. The molecule has 0 unspecified atom stereocenters. The van der Waals surface area contributed by atoms with Crippen LogP contribution in [-0.4, -0.2) is 49.3 Å². The van der Waals surface area contributed by atoms with Gasteiger partial charge in [0.1, 0.15) is 0 Å². The van der Waals surface area contributed by atoms with E-state index in [-0.39, 0.29) is 28.7 Å². The van der Waals surface area contributed by atoms with Crippen molar-refractivity contribution in [2.24, 2.45) is 4.99 Å². The molecule has 0 radical (unpaired) electrons. The van der Waals surface area contributed by atoms with Crippen molar-refractivity contribution in [1.82, 2.24) is 10.6 Å². The molecule has 0 aromatic carbocycles. The molecule has 2 N–H and O–H groups in total. The molecule has 0 amide bonds. The number of hydrogen-bond acceptors (Lipinski definition) is 3. The van der Waals surface area contributed by atoms with Crippen molar-refractivity contribution in [2.45, 2.75) is 43.4 Å². The van der Waals surface area contributed by atoms with Crippen LogP contribution >= 0.6 is 35.7 Å². The molecule has 1 aliphatic heterocycles. The van der Waals surface area contributed by atoms with E-state index in [0.717, 1.165) is 45.1 Å². The first-order valence-electron chi connectivity index (χ1n) is 6.96. The second-order valence-corrected chi connectivity index (χ2v) is 6.39. The molecule has 0 aromatic heterocycles. The summed E-state index contributed by atoms with van der Waals surface area (Å²) in [6.45, 7) is 5.68. The summed E-state index contributed by atoms with van der Waals surface area (Å²) in [5.41, 5.74) is 0. The molecule has 1 heterocycles. The number of ether oxygens (including phenoxy) is 1. The Balaban J connectivity index is 0.00000180. The van der Waals surface area contributed by atoms with Crippen molar-refractivity contribution in [2.75, 3.05) is 32.6 Å². The summed E-state index contributed by atoms with van der Waals surface area (Å²) in [5, 5.41) is 6.80. The van der Waals surface area contributed by atoms with Crippen molar-refractivity contribution in [3.05, 3.63) is 0 Å². The van der Waals surface area contributed by atoms with Crippen LogP contribution < -0.4 is 10.6 Å². The van der Waals surface area contributed by atoms with Gasteiger partial charge in [0.25, 0.3) is 0 Å². The standard InChI is InChI=1S/C13H25N3OS.HI/c1-3-14-12(16-11-4-5-11)15-10-13(18-2)6-8-17-9-7-13;/h11H,3-10H2,1-2H3,(H2,14,15,16);1H. The zero-order chi connectivity index (χ0) is 12.8. The van der Waals surface area contributed by atoms with Gasteiger partial charge in [-0.15, -0.1) is 24.0 Å². The summed E-state index contributed by atoms with van der Waals surface area (Å²) in [5.74, 6) is 0.986. The van der Waals surface area contributed by atoms with E-state index in [1.807, 2.05) is 11.8 Å². The number of nitrogens with zero attached hydrogens (tertiary/aromatic N) is 1. The maximum Gasteiger partial charge on any atom is 0.191 e. The molecule has 6 heteroatoms. The number of rotatable bonds is 5. The predicted octanol–water partition coefficient (Wildman–Crippen LogP) is 2.23. The van der Waals surface area contributed by atoms with Gasteiger partial charge in [0.2, 0.25) is 0 Å². The van der Waals surface area contributed by atoms with Crippen molar-refractivity contribution in [3.8, 4) is 0 Å². The normalized spacial score (nSPS) is 22.5. The number of halogens is 1. The van der Waals surface area contributed by atoms with E-state index < -0.39 is 0 Å². The number of aliphatic imine (C=N–C) groups is 1. The summed E-state index contributed by atoms with van der Waals surface area (Å²) >= 11 is 1.95. The Hall–Kier alpha value is 0.310. The maximum atomic E-state index is 5.46. The van der Waals surface area contributed by atoms with E-state index in [0.29, 0.717) is 6.04 Å². The highest BCUT2D eigenvalue weighted by Gasteiger charge is 2.32. The smallest absolute Gasteiger partial charge is 0.191 e. The molecule has 0 bridgehead atoms. The second kappa shape index (κ2) is 8.56. The highest BCUT2D eigenvalue weighted by molar-refractivity contribution is 14.0. The third-order valence-electron chi connectivity index (χ3n) is 3.62. The monoisotopic (exact) mass is 399 g/mol. The average Bonchev–Trinajstić information content (AvgIpc) is 3.21. The number of guanidine groups is 1. The van der Waals surface area contributed by atoms with Crippen LogP contribution in [0.15, 0.2) is 4.99 Å². The number of nitrogens with one attached hydrogen (secondary N) is 2. The lowest BCUT2D eigenvalue weighted by Crippen LogP contribution is -2.41. The van der Waals surface area contributed by atoms with Crippen LogP contribution in [0.4, 0.5) is 0 Å². The zero-order valence-electron chi connectivity index (χ0n) is 11.9. The molecule has 2 fully saturated rings. The van der Waals surface area contributed by atoms with E-state index in [4.69, 9.17) is 9.73 Å². The van der Waals surface area contributed by atoms with Crippen molar-refractivity contribution >= 4 is 41.7 Å². The van der Waals surface area contributed by atoms with E-state index >= 15 is 0 Å². The average molecular weight is 399 g/mol. The van der Waals surface area contributed by atoms with Crippen LogP contribution in [-0.2, 0) is 4.74 Å². The third-order valence-corrected chi connectivity index (χ3v) is 5.03. The third kappa shape index (κ3) is 5.67. The van der Waals surface area contributed by atoms with Gasteiger partial charge in [-0.3, -0.25) is 4.99 Å². The van der Waals surface area contributed by atoms with Crippen molar-refractivity contribution in [1.29, 1.82) is 0 Å². The van der Waals surface area contributed by atoms with Gasteiger partial charge in [0.05, 0.1) is 6.54 Å². The molecule has 1 saturated heterocycles. The molecule has 2 rings (SSSR count). The minimum Gasteiger partial charge on any atom is -0.381 e. The van der Waals surface area contributed by atoms with Crippen LogP contribution in [0, 0.1) is 0 Å². The summed E-state index contributed by atoms with van der Waals surface area (Å²) < 4.78 is 5.74. The quantitative estimate of drug-likeness (QED) is 0.423. The Bertz CT molecular complexity index is 292. The van der Waals surface area contributed by atoms with Crippen molar-refractivity contribution < 1.29 is 4.74 Å². The highest BCUT2D eigenvalue weighted by Crippen LogP contribution is 2.34. The lowest BCUT2D eigenvalue weighted by molar-refractivity contribution is 0.0794. The molecule has 1 aliphatic carbocycles. The van der Waals surface area contributed by atoms with Gasteiger partial charge in [-0.05, 0) is 38.9 Å². The summed E-state index contributed by atoms with van der Waals surface area (Å²) in [6.07, 6.45) is 6.99. The molecule has 19 heavy (non-hydrogen) atoms. The van der Waals surface area contributed by atoms with Gasteiger partial charge in [0.15, 0.2) is 5.96 Å². The molecule has 4 nitrogen and oxygen atoms in total. The van der Waals surface area contributed by atoms with Gasteiger partial charge in [-0.25, -0.2) is 0 Å². The molecule has 0 atom stereocenters. The highest BCUT2D eigenvalue weighted by atomic mass is 127. The predicted molar refractivity (Wildman–Crippen MR) is 93.9 cm³/mol.